The number of ketones is 1. The highest BCUT2D eigenvalue weighted by Gasteiger charge is 2.38. The van der Waals surface area contributed by atoms with Crippen LogP contribution in [0, 0.1) is 5.92 Å². The molecule has 0 aliphatic carbocycles. The van der Waals surface area contributed by atoms with Gasteiger partial charge in [-0.25, -0.2) is 0 Å². The molecule has 0 N–H and O–H groups in total. The molecule has 2 aromatic rings. The molecule has 0 spiro atoms. The van der Waals surface area contributed by atoms with Gasteiger partial charge < -0.3 is 0 Å². The maximum Gasteiger partial charge on any atom is 0.133 e. The Morgan fingerprint density at radius 1 is 0.906 bits per heavy atom. The van der Waals surface area contributed by atoms with Crippen LogP contribution in [0.5, 0.6) is 0 Å². The van der Waals surface area contributed by atoms with E-state index < -0.39 is 0 Å². The van der Waals surface area contributed by atoms with E-state index in [1.807, 2.05) is 23.5 Å². The van der Waals surface area contributed by atoms with E-state index in [0.29, 0.717) is 10.4 Å². The van der Waals surface area contributed by atoms with E-state index in [2.05, 4.69) is 91.1 Å². The number of rotatable bonds is 7. The topological polar surface area (TPSA) is 17.1 Å². The summed E-state index contributed by atoms with van der Waals surface area (Å²) in [6, 6.07) is 21.6. The fraction of sp³-hybridized carbons (Fsp3) is 0.519. The lowest BCUT2D eigenvalue weighted by molar-refractivity contribution is -0.121. The third-order valence-corrected chi connectivity index (χ3v) is 12.2. The predicted molar refractivity (Wildman–Crippen MR) is 150 cm³/mol. The van der Waals surface area contributed by atoms with Crippen LogP contribution in [-0.4, -0.2) is 28.8 Å². The van der Waals surface area contributed by atoms with Gasteiger partial charge in [-0.2, -0.15) is 0 Å². The highest BCUT2D eigenvalue weighted by Crippen LogP contribution is 2.54. The van der Waals surface area contributed by atoms with Gasteiger partial charge in [0.05, 0.1) is 8.66 Å². The van der Waals surface area contributed by atoms with Gasteiger partial charge in [0.2, 0.25) is 0 Å². The molecule has 2 aromatic carbocycles. The largest absolute Gasteiger partial charge is 0.300 e. The number of benzene rings is 2. The van der Waals surface area contributed by atoms with Crippen molar-refractivity contribution in [2.75, 3.05) is 23.0 Å². The standard InChI is InChI=1S/C17H24OS2.C10H12S2/c1-3-8-15(14(2)18)13-17(19-11-7-12-20-17)16-9-5-4-6-10-16;1-2-5-9(6-3-1)10-11-7-4-8-12-10/h4-6,9-10,15H,3,7-8,11-13H2,1-2H3;1-3,5-6,10H,4,7-8H2. The number of thioether (sulfide) groups is 4. The molecule has 0 saturated carbocycles. The minimum absolute atomic E-state index is 0.0883. The van der Waals surface area contributed by atoms with Crippen molar-refractivity contribution >= 4 is 52.8 Å². The third kappa shape index (κ3) is 7.78. The van der Waals surface area contributed by atoms with Crippen LogP contribution in [0.4, 0.5) is 0 Å². The maximum atomic E-state index is 12.0. The second-order valence-electron chi connectivity index (χ2n) is 8.31. The molecule has 0 amide bonds. The Balaban J connectivity index is 0.000000204. The van der Waals surface area contributed by atoms with Crippen molar-refractivity contribution < 1.29 is 4.79 Å². The second kappa shape index (κ2) is 14.0. The Morgan fingerprint density at radius 2 is 1.47 bits per heavy atom. The fourth-order valence-electron chi connectivity index (χ4n) is 4.08. The first kappa shape index (κ1) is 26.1. The van der Waals surface area contributed by atoms with Crippen molar-refractivity contribution in [1.82, 2.24) is 0 Å². The van der Waals surface area contributed by atoms with Crippen LogP contribution in [0.15, 0.2) is 60.7 Å². The molecular formula is C27H36OS4. The molecule has 5 heteroatoms. The molecule has 1 unspecified atom stereocenters. The molecule has 0 radical (unpaired) electrons. The van der Waals surface area contributed by atoms with Crippen LogP contribution < -0.4 is 0 Å². The van der Waals surface area contributed by atoms with Crippen molar-refractivity contribution in [3.8, 4) is 0 Å². The molecule has 0 aromatic heterocycles. The lowest BCUT2D eigenvalue weighted by Crippen LogP contribution is -2.28. The molecule has 0 bridgehead atoms. The van der Waals surface area contributed by atoms with Crippen LogP contribution >= 0.6 is 47.0 Å². The summed E-state index contributed by atoms with van der Waals surface area (Å²) in [5.41, 5.74) is 2.87. The summed E-state index contributed by atoms with van der Waals surface area (Å²) in [7, 11) is 0. The molecule has 2 aliphatic rings. The van der Waals surface area contributed by atoms with E-state index in [1.165, 1.54) is 47.0 Å². The van der Waals surface area contributed by atoms with E-state index in [4.69, 9.17) is 0 Å². The Bertz CT molecular complexity index is 784. The van der Waals surface area contributed by atoms with Gasteiger partial charge in [-0.05, 0) is 66.7 Å². The number of hydrogen-bond acceptors (Lipinski definition) is 5. The highest BCUT2D eigenvalue weighted by atomic mass is 32.2. The van der Waals surface area contributed by atoms with Gasteiger partial charge in [-0.1, -0.05) is 74.0 Å². The van der Waals surface area contributed by atoms with Crippen molar-refractivity contribution in [2.45, 2.75) is 54.6 Å². The summed E-state index contributed by atoms with van der Waals surface area (Å²) < 4.78 is 0.783. The van der Waals surface area contributed by atoms with Crippen molar-refractivity contribution in [1.29, 1.82) is 0 Å². The minimum atomic E-state index is 0.0883. The SMILES string of the molecule is CCCC(CC1(c2ccccc2)SCCCS1)C(C)=O.c1ccc(C2SCCCS2)cc1. The van der Waals surface area contributed by atoms with E-state index in [9.17, 15) is 4.79 Å². The molecule has 32 heavy (non-hydrogen) atoms. The fourth-order valence-corrected chi connectivity index (χ4v) is 10.5. The Morgan fingerprint density at radius 3 is 2.03 bits per heavy atom. The van der Waals surface area contributed by atoms with Gasteiger partial charge in [-0.15, -0.1) is 47.0 Å². The molecule has 1 nitrogen and oxygen atoms in total. The van der Waals surface area contributed by atoms with Crippen molar-refractivity contribution in [3.63, 3.8) is 0 Å². The highest BCUT2D eigenvalue weighted by molar-refractivity contribution is 8.18. The van der Waals surface area contributed by atoms with Gasteiger partial charge in [0.25, 0.3) is 0 Å². The molecule has 2 heterocycles. The van der Waals surface area contributed by atoms with Gasteiger partial charge in [0, 0.05) is 5.92 Å². The monoisotopic (exact) mass is 504 g/mol. The summed E-state index contributed by atoms with van der Waals surface area (Å²) in [5.74, 6) is 5.63. The summed E-state index contributed by atoms with van der Waals surface area (Å²) in [6.07, 6.45) is 5.74. The average Bonchev–Trinajstić information content (AvgIpc) is 2.86. The summed E-state index contributed by atoms with van der Waals surface area (Å²) in [4.78, 5) is 12.0. The van der Waals surface area contributed by atoms with E-state index in [0.717, 1.165) is 19.3 Å². The van der Waals surface area contributed by atoms with Gasteiger partial charge in [0.15, 0.2) is 0 Å². The number of carbonyl (C=O) groups is 1. The number of Topliss-reactive ketones (excluding diaryl/α,β-unsaturated/α-hetero) is 1. The normalized spacial score (nSPS) is 19.4. The van der Waals surface area contributed by atoms with Crippen molar-refractivity contribution in [2.24, 2.45) is 5.92 Å². The Hall–Kier alpha value is -0.490. The molecule has 2 aliphatic heterocycles. The lowest BCUT2D eigenvalue weighted by atomic mass is 9.91. The quantitative estimate of drug-likeness (QED) is 0.374. The zero-order valence-corrected chi connectivity index (χ0v) is 22.6. The molecule has 4 rings (SSSR count). The number of carbonyl (C=O) groups excluding carboxylic acids is 1. The Labute approximate surface area is 212 Å². The van der Waals surface area contributed by atoms with Crippen LogP contribution in [-0.2, 0) is 8.87 Å². The zero-order chi connectivity index (χ0) is 22.7. The van der Waals surface area contributed by atoms with Crippen LogP contribution in [0.3, 0.4) is 0 Å². The Kier molecular flexibility index (Phi) is 11.5. The zero-order valence-electron chi connectivity index (χ0n) is 19.3. The third-order valence-electron chi connectivity index (χ3n) is 5.80. The predicted octanol–water partition coefficient (Wildman–Crippen LogP) is 8.66. The van der Waals surface area contributed by atoms with Crippen LogP contribution in [0.1, 0.15) is 61.7 Å². The van der Waals surface area contributed by atoms with Crippen LogP contribution in [0.25, 0.3) is 0 Å². The van der Waals surface area contributed by atoms with E-state index in [1.54, 1.807) is 6.92 Å². The summed E-state index contributed by atoms with van der Waals surface area (Å²) in [6.45, 7) is 3.93. The summed E-state index contributed by atoms with van der Waals surface area (Å²) >= 11 is 8.25. The molecule has 174 valence electrons. The van der Waals surface area contributed by atoms with Gasteiger partial charge in [0.1, 0.15) is 5.78 Å². The summed E-state index contributed by atoms with van der Waals surface area (Å²) in [5, 5.41) is 0. The first-order valence-electron chi connectivity index (χ1n) is 11.8. The number of hydrogen-bond donors (Lipinski definition) is 0. The van der Waals surface area contributed by atoms with E-state index >= 15 is 0 Å². The minimum Gasteiger partial charge on any atom is -0.300 e. The first-order chi connectivity index (χ1) is 15.6. The van der Waals surface area contributed by atoms with Gasteiger partial charge in [-0.3, -0.25) is 4.79 Å². The maximum absolute atomic E-state index is 12.0. The average molecular weight is 505 g/mol. The molecule has 2 saturated heterocycles. The van der Waals surface area contributed by atoms with E-state index in [-0.39, 0.29) is 10.00 Å². The molecular weight excluding hydrogens is 469 g/mol. The smallest absolute Gasteiger partial charge is 0.133 e. The molecule has 2 fully saturated rings. The molecule has 1 atom stereocenters. The van der Waals surface area contributed by atoms with Crippen LogP contribution in [0.2, 0.25) is 0 Å². The lowest BCUT2D eigenvalue weighted by Gasteiger charge is -2.38. The second-order valence-corrected chi connectivity index (χ2v) is 14.1. The van der Waals surface area contributed by atoms with Crippen molar-refractivity contribution in [3.05, 3.63) is 71.8 Å². The first-order valence-corrected chi connectivity index (χ1v) is 15.8. The van der Waals surface area contributed by atoms with Gasteiger partial charge >= 0.3 is 0 Å².